The summed E-state index contributed by atoms with van der Waals surface area (Å²) in [5, 5.41) is 6.95. The Labute approximate surface area is 171 Å². The van der Waals surface area contributed by atoms with Crippen LogP contribution in [0.2, 0.25) is 0 Å². The van der Waals surface area contributed by atoms with Crippen molar-refractivity contribution in [3.63, 3.8) is 0 Å². The molecule has 0 fully saturated rings. The van der Waals surface area contributed by atoms with E-state index in [1.54, 1.807) is 0 Å². The number of ether oxygens (including phenoxy) is 4. The number of hydrogen-bond donors (Lipinski definition) is 0. The third-order valence-corrected chi connectivity index (χ3v) is 4.10. The van der Waals surface area contributed by atoms with Crippen molar-refractivity contribution in [2.75, 3.05) is 28.4 Å². The van der Waals surface area contributed by atoms with Crippen molar-refractivity contribution in [1.29, 1.82) is 0 Å². The second-order valence-corrected chi connectivity index (χ2v) is 5.89. The fraction of sp³-hybridized carbons (Fsp3) is 0.222. The fourth-order valence-electron chi connectivity index (χ4n) is 2.31. The van der Waals surface area contributed by atoms with Gasteiger partial charge in [-0.1, -0.05) is 0 Å². The van der Waals surface area contributed by atoms with E-state index in [4.69, 9.17) is 42.1 Å². The topological polar surface area (TPSA) is 95.8 Å². The van der Waals surface area contributed by atoms with E-state index in [-0.39, 0.29) is 45.5 Å². The van der Waals surface area contributed by atoms with Crippen LogP contribution in [0.25, 0.3) is 0 Å². The monoisotopic (exact) mass is 426 g/mol. The van der Waals surface area contributed by atoms with Crippen LogP contribution >= 0.6 is 23.2 Å². The van der Waals surface area contributed by atoms with Gasteiger partial charge in [0.15, 0.2) is 34.4 Å². The van der Waals surface area contributed by atoms with Gasteiger partial charge in [-0.05, 0) is 47.5 Å². The number of carbonyl (C=O) groups is 2. The number of hydrogen-bond acceptors (Lipinski definition) is 8. The summed E-state index contributed by atoms with van der Waals surface area (Å²) in [7, 11) is 5.60. The first-order valence-electron chi connectivity index (χ1n) is 7.69. The molecule has 8 nitrogen and oxygen atoms in total. The summed E-state index contributed by atoms with van der Waals surface area (Å²) in [6.45, 7) is 0. The van der Waals surface area contributed by atoms with Gasteiger partial charge in [0, 0.05) is 11.1 Å². The van der Waals surface area contributed by atoms with Crippen LogP contribution in [0.15, 0.2) is 34.5 Å². The maximum absolute atomic E-state index is 11.5. The van der Waals surface area contributed by atoms with Crippen molar-refractivity contribution in [2.45, 2.75) is 0 Å². The van der Waals surface area contributed by atoms with Crippen LogP contribution in [-0.2, 0) is 0 Å². The summed E-state index contributed by atoms with van der Waals surface area (Å²) in [4.78, 5) is 22.9. The third kappa shape index (κ3) is 4.52. The lowest BCUT2D eigenvalue weighted by Crippen LogP contribution is -1.96. The van der Waals surface area contributed by atoms with Gasteiger partial charge in [0.25, 0.3) is 10.5 Å². The lowest BCUT2D eigenvalue weighted by Gasteiger charge is -2.12. The molecule has 0 saturated heterocycles. The second kappa shape index (κ2) is 9.38. The van der Waals surface area contributed by atoms with E-state index in [2.05, 4.69) is 10.2 Å². The van der Waals surface area contributed by atoms with Gasteiger partial charge >= 0.3 is 0 Å². The Hall–Kier alpha value is -2.84. The molecule has 10 heteroatoms. The average molecular weight is 427 g/mol. The standard InChI is InChI=1S/C18H16Cl2N2O6/c1-25-11-5-9(17(19)23)6-12(26-2)15(11)21-22-16-13(27-3)7-10(18(20)24)8-14(16)28-4/h5-8H,1-4H3/b22-21+. The number of rotatable bonds is 8. The van der Waals surface area contributed by atoms with Crippen molar-refractivity contribution >= 4 is 45.1 Å². The number of nitrogens with zero attached hydrogens (tertiary/aromatic N) is 2. The molecule has 0 N–H and O–H groups in total. The molecule has 0 bridgehead atoms. The lowest BCUT2D eigenvalue weighted by molar-refractivity contribution is 0.107. The van der Waals surface area contributed by atoms with Gasteiger partial charge in [-0.25, -0.2) is 0 Å². The van der Waals surface area contributed by atoms with Crippen molar-refractivity contribution in [3.05, 3.63) is 35.4 Å². The first kappa shape index (κ1) is 21.5. The van der Waals surface area contributed by atoms with Crippen LogP contribution in [0.3, 0.4) is 0 Å². The zero-order valence-electron chi connectivity index (χ0n) is 15.4. The Morgan fingerprint density at radius 1 is 0.643 bits per heavy atom. The quantitative estimate of drug-likeness (QED) is 0.440. The molecule has 0 aliphatic rings. The molecule has 0 amide bonds. The molecule has 0 heterocycles. The predicted octanol–water partition coefficient (Wildman–Crippen LogP) is 4.89. The summed E-state index contributed by atoms with van der Waals surface area (Å²) < 4.78 is 21.0. The number of azo groups is 1. The highest BCUT2D eigenvalue weighted by Crippen LogP contribution is 2.43. The summed E-state index contributed by atoms with van der Waals surface area (Å²) >= 11 is 11.1. The number of benzene rings is 2. The van der Waals surface area contributed by atoms with E-state index >= 15 is 0 Å². The molecule has 0 aliphatic heterocycles. The summed E-state index contributed by atoms with van der Waals surface area (Å²) in [6.07, 6.45) is 0. The molecule has 148 valence electrons. The van der Waals surface area contributed by atoms with Crippen molar-refractivity contribution < 1.29 is 28.5 Å². The minimum absolute atomic E-state index is 0.175. The Balaban J connectivity index is 2.62. The lowest BCUT2D eigenvalue weighted by atomic mass is 10.2. The molecule has 0 saturated carbocycles. The molecular formula is C18H16Cl2N2O6. The van der Waals surface area contributed by atoms with Crippen LogP contribution in [-0.4, -0.2) is 38.9 Å². The van der Waals surface area contributed by atoms with Crippen LogP contribution in [0.4, 0.5) is 11.4 Å². The molecule has 2 aromatic carbocycles. The summed E-state index contributed by atoms with van der Waals surface area (Å²) in [6, 6.07) is 5.65. The molecule has 0 unspecified atom stereocenters. The van der Waals surface area contributed by atoms with Gasteiger partial charge in [0.1, 0.15) is 0 Å². The van der Waals surface area contributed by atoms with E-state index in [9.17, 15) is 9.59 Å². The number of methoxy groups -OCH3 is 4. The van der Waals surface area contributed by atoms with Gasteiger partial charge < -0.3 is 18.9 Å². The van der Waals surface area contributed by atoms with Crippen LogP contribution in [0, 0.1) is 0 Å². The van der Waals surface area contributed by atoms with E-state index in [1.165, 1.54) is 52.7 Å². The largest absolute Gasteiger partial charge is 0.494 e. The maximum Gasteiger partial charge on any atom is 0.252 e. The first-order chi connectivity index (χ1) is 13.4. The fourth-order valence-corrected chi connectivity index (χ4v) is 2.53. The smallest absolute Gasteiger partial charge is 0.252 e. The summed E-state index contributed by atoms with van der Waals surface area (Å²) in [5.74, 6) is 0.880. The van der Waals surface area contributed by atoms with E-state index < -0.39 is 10.5 Å². The van der Waals surface area contributed by atoms with Gasteiger partial charge in [0.05, 0.1) is 28.4 Å². The Bertz CT molecular complexity index is 820. The van der Waals surface area contributed by atoms with Crippen molar-refractivity contribution in [1.82, 2.24) is 0 Å². The van der Waals surface area contributed by atoms with Gasteiger partial charge in [-0.2, -0.15) is 0 Å². The van der Waals surface area contributed by atoms with Crippen LogP contribution < -0.4 is 18.9 Å². The van der Waals surface area contributed by atoms with E-state index in [0.29, 0.717) is 0 Å². The van der Waals surface area contributed by atoms with Gasteiger partial charge in [-0.3, -0.25) is 9.59 Å². The molecule has 0 radical (unpaired) electrons. The predicted molar refractivity (Wildman–Crippen MR) is 104 cm³/mol. The highest BCUT2D eigenvalue weighted by molar-refractivity contribution is 6.68. The number of halogens is 2. The number of carbonyl (C=O) groups excluding carboxylic acids is 2. The second-order valence-electron chi connectivity index (χ2n) is 5.21. The highest BCUT2D eigenvalue weighted by Gasteiger charge is 2.18. The van der Waals surface area contributed by atoms with Gasteiger partial charge in [0.2, 0.25) is 0 Å². The molecule has 0 aliphatic carbocycles. The van der Waals surface area contributed by atoms with Crippen LogP contribution in [0.5, 0.6) is 23.0 Å². The maximum atomic E-state index is 11.5. The van der Waals surface area contributed by atoms with E-state index in [1.807, 2.05) is 0 Å². The Morgan fingerprint density at radius 3 is 1.07 bits per heavy atom. The SMILES string of the molecule is COc1cc(C(=O)Cl)cc(OC)c1/N=N/c1c(OC)cc(C(=O)Cl)cc1OC. The molecule has 0 spiro atoms. The Kier molecular flexibility index (Phi) is 7.19. The van der Waals surface area contributed by atoms with E-state index in [0.717, 1.165) is 0 Å². The van der Waals surface area contributed by atoms with Gasteiger partial charge in [-0.15, -0.1) is 10.2 Å². The minimum Gasteiger partial charge on any atom is -0.494 e. The molecular weight excluding hydrogens is 411 g/mol. The molecule has 28 heavy (non-hydrogen) atoms. The highest BCUT2D eigenvalue weighted by atomic mass is 35.5. The normalized spacial score (nSPS) is 10.6. The minimum atomic E-state index is -0.676. The molecule has 0 atom stereocenters. The molecule has 2 aromatic rings. The van der Waals surface area contributed by atoms with Crippen molar-refractivity contribution in [2.24, 2.45) is 10.2 Å². The summed E-state index contributed by atoms with van der Waals surface area (Å²) in [5.41, 5.74) is 0.783. The van der Waals surface area contributed by atoms with Crippen LogP contribution in [0.1, 0.15) is 20.7 Å². The molecule has 0 aromatic heterocycles. The first-order valence-corrected chi connectivity index (χ1v) is 8.45. The Morgan fingerprint density at radius 2 is 0.893 bits per heavy atom. The van der Waals surface area contributed by atoms with Crippen molar-refractivity contribution in [3.8, 4) is 23.0 Å². The zero-order valence-corrected chi connectivity index (χ0v) is 16.9. The third-order valence-electron chi connectivity index (χ3n) is 3.66. The molecule has 2 rings (SSSR count). The zero-order chi connectivity index (χ0) is 20.8. The average Bonchev–Trinajstić information content (AvgIpc) is 2.70.